The number of unbranched alkanes of at least 4 members (excludes halogenated alkanes) is 3. The van der Waals surface area contributed by atoms with Crippen LogP contribution in [0.2, 0.25) is 0 Å². The summed E-state index contributed by atoms with van der Waals surface area (Å²) in [5.74, 6) is 1.72. The van der Waals surface area contributed by atoms with Crippen molar-refractivity contribution in [1.29, 1.82) is 0 Å². The molecule has 0 amide bonds. The quantitative estimate of drug-likeness (QED) is 0.353. The smallest absolute Gasteiger partial charge is 0.191 e. The van der Waals surface area contributed by atoms with E-state index in [0.29, 0.717) is 6.54 Å². The highest BCUT2D eigenvalue weighted by Gasteiger charge is 1.98. The molecule has 0 spiro atoms. The summed E-state index contributed by atoms with van der Waals surface area (Å²) in [4.78, 5) is 4.54. The summed E-state index contributed by atoms with van der Waals surface area (Å²) >= 11 is 0. The molecule has 0 fully saturated rings. The Morgan fingerprint density at radius 2 is 2.05 bits per heavy atom. The highest BCUT2D eigenvalue weighted by molar-refractivity contribution is 5.79. The molecule has 0 saturated heterocycles. The van der Waals surface area contributed by atoms with Gasteiger partial charge in [0.15, 0.2) is 5.96 Å². The van der Waals surface area contributed by atoms with Crippen molar-refractivity contribution in [3.05, 3.63) is 18.0 Å². The van der Waals surface area contributed by atoms with Gasteiger partial charge in [-0.05, 0) is 25.3 Å². The summed E-state index contributed by atoms with van der Waals surface area (Å²) in [7, 11) is 0. The van der Waals surface area contributed by atoms with Crippen LogP contribution in [-0.2, 0) is 6.54 Å². The van der Waals surface area contributed by atoms with E-state index < -0.39 is 0 Å². The van der Waals surface area contributed by atoms with Gasteiger partial charge in [-0.2, -0.15) is 5.10 Å². The molecule has 3 N–H and O–H groups in total. The molecule has 5 heteroatoms. The van der Waals surface area contributed by atoms with Crippen LogP contribution in [0.5, 0.6) is 0 Å². The fourth-order valence-electron chi connectivity index (χ4n) is 2.12. The molecule has 120 valence electrons. The van der Waals surface area contributed by atoms with Crippen molar-refractivity contribution >= 4 is 5.96 Å². The van der Waals surface area contributed by atoms with Gasteiger partial charge in [0.05, 0.1) is 12.2 Å². The standard InChI is InChI=1S/C16H31N5/c1-4-17-16(19-13-15-10-12-20-21-15)18-11-8-6-5-7-9-14(2)3/h10,12,14H,4-9,11,13H2,1-3H3,(H,20,21)(H2,17,18,19). The Hall–Kier alpha value is -1.52. The molecule has 0 aliphatic carbocycles. The van der Waals surface area contributed by atoms with E-state index in [1.807, 2.05) is 6.07 Å². The Balaban J connectivity index is 2.14. The number of guanidine groups is 1. The summed E-state index contributed by atoms with van der Waals surface area (Å²) in [6.07, 6.45) is 8.28. The van der Waals surface area contributed by atoms with Gasteiger partial charge < -0.3 is 10.6 Å². The number of aromatic nitrogens is 2. The average Bonchev–Trinajstić information content (AvgIpc) is 2.96. The molecule has 0 saturated carbocycles. The molecule has 0 unspecified atom stereocenters. The maximum atomic E-state index is 4.54. The lowest BCUT2D eigenvalue weighted by atomic mass is 10.0. The van der Waals surface area contributed by atoms with Crippen molar-refractivity contribution in [2.24, 2.45) is 10.9 Å². The largest absolute Gasteiger partial charge is 0.357 e. The number of nitrogens with one attached hydrogen (secondary N) is 3. The first kappa shape index (κ1) is 17.5. The number of aromatic amines is 1. The van der Waals surface area contributed by atoms with E-state index in [1.165, 1.54) is 32.1 Å². The molecule has 0 radical (unpaired) electrons. The van der Waals surface area contributed by atoms with E-state index in [4.69, 9.17) is 0 Å². The molecule has 1 aromatic heterocycles. The molecule has 0 aliphatic heterocycles. The number of H-pyrrole nitrogens is 1. The van der Waals surface area contributed by atoms with Crippen LogP contribution in [0.1, 0.15) is 58.6 Å². The molecule has 0 bridgehead atoms. The second-order valence-corrected chi connectivity index (χ2v) is 5.80. The van der Waals surface area contributed by atoms with Gasteiger partial charge in [0, 0.05) is 19.3 Å². The second kappa shape index (κ2) is 11.2. The molecule has 0 atom stereocenters. The summed E-state index contributed by atoms with van der Waals surface area (Å²) in [6, 6.07) is 1.95. The van der Waals surface area contributed by atoms with Crippen LogP contribution in [0.3, 0.4) is 0 Å². The Morgan fingerprint density at radius 3 is 2.71 bits per heavy atom. The number of rotatable bonds is 10. The molecule has 0 aliphatic rings. The predicted molar refractivity (Wildman–Crippen MR) is 89.3 cm³/mol. The van der Waals surface area contributed by atoms with E-state index in [1.54, 1.807) is 6.20 Å². The zero-order valence-electron chi connectivity index (χ0n) is 13.8. The van der Waals surface area contributed by atoms with Crippen molar-refractivity contribution in [3.8, 4) is 0 Å². The summed E-state index contributed by atoms with van der Waals surface area (Å²) in [6.45, 7) is 9.16. The minimum Gasteiger partial charge on any atom is -0.357 e. The zero-order valence-corrected chi connectivity index (χ0v) is 13.8. The van der Waals surface area contributed by atoms with E-state index >= 15 is 0 Å². The lowest BCUT2D eigenvalue weighted by Gasteiger charge is -2.11. The second-order valence-electron chi connectivity index (χ2n) is 5.80. The van der Waals surface area contributed by atoms with Gasteiger partial charge in [-0.25, -0.2) is 4.99 Å². The fourth-order valence-corrected chi connectivity index (χ4v) is 2.12. The van der Waals surface area contributed by atoms with Crippen LogP contribution in [-0.4, -0.2) is 29.2 Å². The highest BCUT2D eigenvalue weighted by Crippen LogP contribution is 2.08. The number of nitrogens with zero attached hydrogens (tertiary/aromatic N) is 2. The van der Waals surface area contributed by atoms with Crippen LogP contribution in [0.25, 0.3) is 0 Å². The molecule has 5 nitrogen and oxygen atoms in total. The molecule has 1 aromatic rings. The van der Waals surface area contributed by atoms with Gasteiger partial charge in [-0.15, -0.1) is 0 Å². The first-order valence-corrected chi connectivity index (χ1v) is 8.22. The SMILES string of the molecule is CCNC(=NCc1ccn[nH]1)NCCCCCCC(C)C. The van der Waals surface area contributed by atoms with Crippen LogP contribution in [0.4, 0.5) is 0 Å². The minimum atomic E-state index is 0.629. The topological polar surface area (TPSA) is 65.1 Å². The summed E-state index contributed by atoms with van der Waals surface area (Å²) in [5.41, 5.74) is 1.03. The third kappa shape index (κ3) is 9.10. The van der Waals surface area contributed by atoms with Crippen LogP contribution < -0.4 is 10.6 Å². The van der Waals surface area contributed by atoms with Crippen LogP contribution in [0.15, 0.2) is 17.3 Å². The molecule has 1 rings (SSSR count). The van der Waals surface area contributed by atoms with Gasteiger partial charge in [0.25, 0.3) is 0 Å². The number of hydrogen-bond donors (Lipinski definition) is 3. The Morgan fingerprint density at radius 1 is 1.24 bits per heavy atom. The first-order valence-electron chi connectivity index (χ1n) is 8.22. The van der Waals surface area contributed by atoms with Crippen molar-refractivity contribution in [1.82, 2.24) is 20.8 Å². The average molecular weight is 293 g/mol. The van der Waals surface area contributed by atoms with Gasteiger partial charge in [0.1, 0.15) is 0 Å². The molecule has 1 heterocycles. The van der Waals surface area contributed by atoms with E-state index in [-0.39, 0.29) is 0 Å². The third-order valence-electron chi connectivity index (χ3n) is 3.31. The Bertz CT molecular complexity index is 370. The first-order chi connectivity index (χ1) is 10.2. The molecule has 21 heavy (non-hydrogen) atoms. The number of aliphatic imine (C=N–C) groups is 1. The maximum Gasteiger partial charge on any atom is 0.191 e. The molecule has 0 aromatic carbocycles. The van der Waals surface area contributed by atoms with E-state index in [9.17, 15) is 0 Å². The minimum absolute atomic E-state index is 0.629. The fraction of sp³-hybridized carbons (Fsp3) is 0.750. The van der Waals surface area contributed by atoms with Crippen LogP contribution >= 0.6 is 0 Å². The van der Waals surface area contributed by atoms with Crippen LogP contribution in [0, 0.1) is 5.92 Å². The monoisotopic (exact) mass is 293 g/mol. The Labute approximate surface area is 129 Å². The zero-order chi connectivity index (χ0) is 15.3. The lowest BCUT2D eigenvalue weighted by molar-refractivity contribution is 0.518. The summed E-state index contributed by atoms with van der Waals surface area (Å²) in [5, 5.41) is 13.5. The predicted octanol–water partition coefficient (Wildman–Crippen LogP) is 3.07. The van der Waals surface area contributed by atoms with Crippen molar-refractivity contribution in [2.45, 2.75) is 59.4 Å². The lowest BCUT2D eigenvalue weighted by Crippen LogP contribution is -2.37. The Kier molecular flexibility index (Phi) is 9.33. The van der Waals surface area contributed by atoms with Gasteiger partial charge in [-0.3, -0.25) is 5.10 Å². The van der Waals surface area contributed by atoms with Crippen molar-refractivity contribution in [2.75, 3.05) is 13.1 Å². The van der Waals surface area contributed by atoms with Crippen molar-refractivity contribution in [3.63, 3.8) is 0 Å². The normalized spacial score (nSPS) is 11.9. The van der Waals surface area contributed by atoms with Gasteiger partial charge >= 0.3 is 0 Å². The maximum absolute atomic E-state index is 4.54. The third-order valence-corrected chi connectivity index (χ3v) is 3.31. The highest BCUT2D eigenvalue weighted by atomic mass is 15.2. The van der Waals surface area contributed by atoms with Crippen molar-refractivity contribution < 1.29 is 0 Å². The molecular formula is C16H31N5. The van der Waals surface area contributed by atoms with E-state index in [2.05, 4.69) is 46.6 Å². The number of hydrogen-bond acceptors (Lipinski definition) is 2. The molecular weight excluding hydrogens is 262 g/mol. The van der Waals surface area contributed by atoms with E-state index in [0.717, 1.165) is 30.7 Å². The van der Waals surface area contributed by atoms with Gasteiger partial charge in [-0.1, -0.05) is 39.5 Å². The van der Waals surface area contributed by atoms with Gasteiger partial charge in [0.2, 0.25) is 0 Å². The summed E-state index contributed by atoms with van der Waals surface area (Å²) < 4.78 is 0.